The lowest BCUT2D eigenvalue weighted by Gasteiger charge is -2.18. The lowest BCUT2D eigenvalue weighted by molar-refractivity contribution is -0.128. The quantitative estimate of drug-likeness (QED) is 0.515. The predicted octanol–water partition coefficient (Wildman–Crippen LogP) is 0.296. The second-order valence-corrected chi connectivity index (χ2v) is 2.33. The van der Waals surface area contributed by atoms with Crippen molar-refractivity contribution in [3.63, 3.8) is 0 Å². The Labute approximate surface area is 64.0 Å². The van der Waals surface area contributed by atoms with Crippen LogP contribution in [0.5, 0.6) is 0 Å². The first-order chi connectivity index (χ1) is 4.76. The molecule has 0 radical (unpaired) electrons. The van der Waals surface area contributed by atoms with Crippen molar-refractivity contribution in [2.24, 2.45) is 0 Å². The van der Waals surface area contributed by atoms with E-state index in [4.69, 9.17) is 0 Å². The van der Waals surface area contributed by atoms with E-state index in [-0.39, 0.29) is 5.91 Å². The predicted molar refractivity (Wildman–Crippen MR) is 45.9 cm³/mol. The molecule has 0 rings (SSSR count). The van der Waals surface area contributed by atoms with E-state index in [1.54, 1.807) is 0 Å². The number of amides is 1. The molecule has 0 saturated heterocycles. The van der Waals surface area contributed by atoms with Gasteiger partial charge in [0.25, 0.3) is 0 Å². The lowest BCUT2D eigenvalue weighted by Crippen LogP contribution is -2.30. The molecule has 0 fully saturated rings. The molecule has 0 unspecified atom stereocenters. The Morgan fingerprint density at radius 1 is 1.50 bits per heavy atom. The molecule has 58 valence electrons. The Hall–Kier alpha value is -0.465. The maximum atomic E-state index is 11.1. The fourth-order valence-corrected chi connectivity index (χ4v) is 0.953. The van der Waals surface area contributed by atoms with E-state index in [1.807, 2.05) is 19.7 Å². The van der Waals surface area contributed by atoms with Gasteiger partial charge in [-0.1, -0.05) is 6.92 Å². The van der Waals surface area contributed by atoms with Crippen LogP contribution >= 0.6 is 0 Å². The molecule has 0 aliphatic carbocycles. The molecule has 10 heavy (non-hydrogen) atoms. The molecular weight excluding hydrogens is 125 g/mol. The highest BCUT2D eigenvalue weighted by Crippen LogP contribution is 1.93. The van der Waals surface area contributed by atoms with Crippen LogP contribution in [-0.4, -0.2) is 31.7 Å². The average molecular weight is 141 g/mol. The summed E-state index contributed by atoms with van der Waals surface area (Å²) < 4.78 is 0. The number of nitrogens with zero attached hydrogens (tertiary/aromatic N) is 1. The summed E-state index contributed by atoms with van der Waals surface area (Å²) in [5.41, 5.74) is 0. The van der Waals surface area contributed by atoms with Crippen molar-refractivity contribution >= 4 is 13.8 Å². The standard InChI is InChI=1S/C7H16BNO/c1-3-5-9(4-2)7(10)6-8/h3-6,8H2,1-2H3. The first-order valence-electron chi connectivity index (χ1n) is 4.04. The Morgan fingerprint density at radius 2 is 2.10 bits per heavy atom. The molecule has 0 N–H and O–H groups in total. The van der Waals surface area contributed by atoms with Gasteiger partial charge in [0.05, 0.1) is 0 Å². The van der Waals surface area contributed by atoms with E-state index in [9.17, 15) is 4.79 Å². The van der Waals surface area contributed by atoms with Crippen molar-refractivity contribution < 1.29 is 4.79 Å². The molecule has 3 heteroatoms. The van der Waals surface area contributed by atoms with Crippen molar-refractivity contribution in [2.75, 3.05) is 13.1 Å². The van der Waals surface area contributed by atoms with Crippen LogP contribution in [0, 0.1) is 0 Å². The molecule has 0 aliphatic heterocycles. The van der Waals surface area contributed by atoms with E-state index < -0.39 is 0 Å². The second kappa shape index (κ2) is 5.33. The van der Waals surface area contributed by atoms with Gasteiger partial charge in [0.1, 0.15) is 7.85 Å². The van der Waals surface area contributed by atoms with Gasteiger partial charge in [0.2, 0.25) is 5.91 Å². The lowest BCUT2D eigenvalue weighted by atomic mass is 10.0. The van der Waals surface area contributed by atoms with Gasteiger partial charge in [0, 0.05) is 13.1 Å². The van der Waals surface area contributed by atoms with Crippen LogP contribution < -0.4 is 0 Å². The normalized spacial score (nSPS) is 9.40. The third kappa shape index (κ3) is 2.90. The van der Waals surface area contributed by atoms with Crippen LogP contribution in [0.15, 0.2) is 0 Å². The van der Waals surface area contributed by atoms with Crippen LogP contribution in [0.2, 0.25) is 6.32 Å². The van der Waals surface area contributed by atoms with Crippen LogP contribution in [0.25, 0.3) is 0 Å². The van der Waals surface area contributed by atoms with Gasteiger partial charge in [-0.25, -0.2) is 0 Å². The van der Waals surface area contributed by atoms with Crippen molar-refractivity contribution in [3.8, 4) is 0 Å². The van der Waals surface area contributed by atoms with E-state index in [1.165, 1.54) is 0 Å². The van der Waals surface area contributed by atoms with Gasteiger partial charge in [0.15, 0.2) is 0 Å². The van der Waals surface area contributed by atoms with Crippen molar-refractivity contribution in [3.05, 3.63) is 0 Å². The molecule has 0 bridgehead atoms. The zero-order chi connectivity index (χ0) is 7.98. The van der Waals surface area contributed by atoms with E-state index in [2.05, 4.69) is 6.92 Å². The number of carbonyl (C=O) groups excluding carboxylic acids is 1. The number of carbonyl (C=O) groups is 1. The summed E-state index contributed by atoms with van der Waals surface area (Å²) in [5.74, 6) is 0.268. The van der Waals surface area contributed by atoms with Crippen molar-refractivity contribution in [2.45, 2.75) is 26.6 Å². The van der Waals surface area contributed by atoms with Crippen LogP contribution in [0.3, 0.4) is 0 Å². The Kier molecular flexibility index (Phi) is 5.08. The third-order valence-electron chi connectivity index (χ3n) is 1.53. The Bertz CT molecular complexity index is 106. The summed E-state index contributed by atoms with van der Waals surface area (Å²) in [6.07, 6.45) is 1.69. The second-order valence-electron chi connectivity index (χ2n) is 2.33. The van der Waals surface area contributed by atoms with Crippen molar-refractivity contribution in [1.29, 1.82) is 0 Å². The molecule has 0 heterocycles. The third-order valence-corrected chi connectivity index (χ3v) is 1.53. The summed E-state index contributed by atoms with van der Waals surface area (Å²) in [6, 6.07) is 0. The van der Waals surface area contributed by atoms with Gasteiger partial charge in [-0.2, -0.15) is 0 Å². The highest BCUT2D eigenvalue weighted by atomic mass is 16.2. The maximum Gasteiger partial charge on any atom is 0.214 e. The number of hydrogen-bond acceptors (Lipinski definition) is 1. The smallest absolute Gasteiger partial charge is 0.214 e. The van der Waals surface area contributed by atoms with Gasteiger partial charge < -0.3 is 4.90 Å². The highest BCUT2D eigenvalue weighted by Gasteiger charge is 2.05. The van der Waals surface area contributed by atoms with E-state index in [0.29, 0.717) is 6.32 Å². The van der Waals surface area contributed by atoms with Crippen LogP contribution in [0.1, 0.15) is 20.3 Å². The van der Waals surface area contributed by atoms with E-state index in [0.717, 1.165) is 19.5 Å². The van der Waals surface area contributed by atoms with Crippen molar-refractivity contribution in [1.82, 2.24) is 4.90 Å². The summed E-state index contributed by atoms with van der Waals surface area (Å²) in [5, 5.41) is 0. The maximum absolute atomic E-state index is 11.1. The van der Waals surface area contributed by atoms with Gasteiger partial charge in [-0.05, 0) is 19.7 Å². The zero-order valence-corrected chi connectivity index (χ0v) is 7.18. The molecule has 0 aromatic heterocycles. The molecule has 0 aliphatic rings. The first-order valence-corrected chi connectivity index (χ1v) is 4.04. The van der Waals surface area contributed by atoms with Crippen LogP contribution in [-0.2, 0) is 4.79 Å². The summed E-state index contributed by atoms with van der Waals surface area (Å²) in [6.45, 7) is 5.86. The molecule has 0 aromatic rings. The molecule has 0 aromatic carbocycles. The van der Waals surface area contributed by atoms with E-state index >= 15 is 0 Å². The molecule has 0 spiro atoms. The highest BCUT2D eigenvalue weighted by molar-refractivity contribution is 6.19. The summed E-state index contributed by atoms with van der Waals surface area (Å²) in [7, 11) is 1.90. The Morgan fingerprint density at radius 3 is 2.40 bits per heavy atom. The largest absolute Gasteiger partial charge is 0.344 e. The van der Waals surface area contributed by atoms with Gasteiger partial charge in [-0.15, -0.1) is 0 Å². The minimum Gasteiger partial charge on any atom is -0.344 e. The molecule has 0 atom stereocenters. The topological polar surface area (TPSA) is 20.3 Å². The summed E-state index contributed by atoms with van der Waals surface area (Å²) in [4.78, 5) is 12.9. The molecule has 0 saturated carbocycles. The first kappa shape index (κ1) is 9.53. The van der Waals surface area contributed by atoms with Gasteiger partial charge >= 0.3 is 0 Å². The van der Waals surface area contributed by atoms with Crippen LogP contribution in [0.4, 0.5) is 0 Å². The monoisotopic (exact) mass is 141 g/mol. The minimum atomic E-state index is 0.268. The SMILES string of the molecule is BCC(=O)N(CC)CCC. The molecular formula is C7H16BNO. The summed E-state index contributed by atoms with van der Waals surface area (Å²) >= 11 is 0. The fraction of sp³-hybridized carbons (Fsp3) is 0.857. The average Bonchev–Trinajstić information content (AvgIpc) is 1.99. The number of hydrogen-bond donors (Lipinski definition) is 0. The van der Waals surface area contributed by atoms with Gasteiger partial charge in [-0.3, -0.25) is 4.79 Å². The number of rotatable bonds is 4. The molecule has 1 amide bonds. The minimum absolute atomic E-state index is 0.268. The molecule has 2 nitrogen and oxygen atoms in total. The zero-order valence-electron chi connectivity index (χ0n) is 7.18. The Balaban J connectivity index is 3.68. The fourth-order valence-electron chi connectivity index (χ4n) is 0.953.